The summed E-state index contributed by atoms with van der Waals surface area (Å²) in [6.07, 6.45) is 0.857. The highest BCUT2D eigenvalue weighted by Crippen LogP contribution is 2.19. The van der Waals surface area contributed by atoms with Crippen LogP contribution in [-0.4, -0.2) is 0 Å². The number of halogens is 1. The van der Waals surface area contributed by atoms with E-state index < -0.39 is 0 Å². The van der Waals surface area contributed by atoms with Gasteiger partial charge in [-0.2, -0.15) is 4.39 Å². The number of thiophene rings is 1. The summed E-state index contributed by atoms with van der Waals surface area (Å²) >= 11 is 1.10. The van der Waals surface area contributed by atoms with Gasteiger partial charge in [0.2, 0.25) is 0 Å². The molecule has 2 N–H and O–H groups in total. The summed E-state index contributed by atoms with van der Waals surface area (Å²) in [5.41, 5.74) is 6.56. The highest BCUT2D eigenvalue weighted by Gasteiger charge is 2.04. The Morgan fingerprint density at radius 2 is 2.50 bits per heavy atom. The van der Waals surface area contributed by atoms with E-state index in [4.69, 9.17) is 5.73 Å². The van der Waals surface area contributed by atoms with E-state index in [1.54, 1.807) is 5.38 Å². The van der Waals surface area contributed by atoms with Gasteiger partial charge in [0, 0.05) is 6.04 Å². The lowest BCUT2D eigenvalue weighted by molar-refractivity contribution is 0.647. The number of rotatable bonds is 2. The summed E-state index contributed by atoms with van der Waals surface area (Å²) in [5, 5.41) is 1.61. The Bertz CT molecular complexity index is 209. The zero-order valence-electron chi connectivity index (χ0n) is 5.80. The summed E-state index contributed by atoms with van der Waals surface area (Å²) in [7, 11) is 0. The van der Waals surface area contributed by atoms with Crippen molar-refractivity contribution >= 4 is 11.3 Å². The Hall–Kier alpha value is -0.410. The van der Waals surface area contributed by atoms with E-state index in [1.165, 1.54) is 6.07 Å². The second-order valence-electron chi connectivity index (χ2n) is 2.20. The van der Waals surface area contributed by atoms with Crippen LogP contribution in [0.25, 0.3) is 0 Å². The Balaban J connectivity index is 2.74. The Morgan fingerprint density at radius 1 is 1.80 bits per heavy atom. The largest absolute Gasteiger partial charge is 0.324 e. The molecule has 0 bridgehead atoms. The lowest BCUT2D eigenvalue weighted by Gasteiger charge is -2.03. The molecule has 0 fully saturated rings. The third-order valence-corrected chi connectivity index (χ3v) is 2.19. The van der Waals surface area contributed by atoms with Crippen LogP contribution in [0.2, 0.25) is 0 Å². The fourth-order valence-electron chi connectivity index (χ4n) is 0.754. The lowest BCUT2D eigenvalue weighted by Crippen LogP contribution is -2.06. The van der Waals surface area contributed by atoms with Gasteiger partial charge in [0.15, 0.2) is 5.13 Å². The van der Waals surface area contributed by atoms with Gasteiger partial charge in [-0.3, -0.25) is 0 Å². The van der Waals surface area contributed by atoms with Gasteiger partial charge in [-0.25, -0.2) is 0 Å². The quantitative estimate of drug-likeness (QED) is 0.704. The second-order valence-corrected chi connectivity index (χ2v) is 3.06. The fourth-order valence-corrected chi connectivity index (χ4v) is 1.45. The van der Waals surface area contributed by atoms with Crippen molar-refractivity contribution in [1.82, 2.24) is 0 Å². The average Bonchev–Trinajstić information content (AvgIpc) is 2.34. The molecule has 1 rings (SSSR count). The van der Waals surface area contributed by atoms with E-state index >= 15 is 0 Å². The van der Waals surface area contributed by atoms with Crippen LogP contribution in [0.4, 0.5) is 4.39 Å². The van der Waals surface area contributed by atoms with Gasteiger partial charge >= 0.3 is 0 Å². The zero-order valence-corrected chi connectivity index (χ0v) is 6.62. The van der Waals surface area contributed by atoms with E-state index in [1.807, 2.05) is 6.92 Å². The average molecular weight is 159 g/mol. The molecule has 1 heterocycles. The van der Waals surface area contributed by atoms with E-state index in [-0.39, 0.29) is 11.2 Å². The standard InChI is InChI=1S/C7H10FNS/c1-2-6(9)5-3-7(8)10-4-5/h3-4,6H,2,9H2,1H3. The first-order chi connectivity index (χ1) is 4.74. The van der Waals surface area contributed by atoms with E-state index in [0.29, 0.717) is 0 Å². The molecule has 0 aliphatic carbocycles. The van der Waals surface area contributed by atoms with Gasteiger partial charge in [-0.1, -0.05) is 6.92 Å². The predicted molar refractivity (Wildman–Crippen MR) is 41.5 cm³/mol. The molecule has 1 atom stereocenters. The smallest absolute Gasteiger partial charge is 0.176 e. The minimum atomic E-state index is -0.154. The maximum atomic E-state index is 12.4. The third kappa shape index (κ3) is 1.55. The molecule has 1 aromatic rings. The Labute approximate surface area is 63.7 Å². The maximum Gasteiger partial charge on any atom is 0.176 e. The molecule has 3 heteroatoms. The van der Waals surface area contributed by atoms with Crippen molar-refractivity contribution in [2.24, 2.45) is 5.73 Å². The molecular formula is C7H10FNS. The van der Waals surface area contributed by atoms with Crippen LogP contribution in [0.15, 0.2) is 11.4 Å². The van der Waals surface area contributed by atoms with Crippen LogP contribution < -0.4 is 5.73 Å². The molecule has 0 radical (unpaired) electrons. The first kappa shape index (κ1) is 7.69. The molecular weight excluding hydrogens is 149 g/mol. The molecule has 0 aliphatic heterocycles. The summed E-state index contributed by atoms with van der Waals surface area (Å²) < 4.78 is 12.4. The third-order valence-electron chi connectivity index (χ3n) is 1.46. The molecule has 0 amide bonds. The van der Waals surface area contributed by atoms with Gasteiger partial charge in [0.05, 0.1) is 0 Å². The van der Waals surface area contributed by atoms with Crippen LogP contribution >= 0.6 is 11.3 Å². The summed E-state index contributed by atoms with van der Waals surface area (Å²) in [4.78, 5) is 0. The number of hydrogen-bond acceptors (Lipinski definition) is 2. The van der Waals surface area contributed by atoms with Crippen LogP contribution in [-0.2, 0) is 0 Å². The molecule has 56 valence electrons. The molecule has 1 aromatic heterocycles. The van der Waals surface area contributed by atoms with Crippen molar-refractivity contribution in [2.45, 2.75) is 19.4 Å². The monoisotopic (exact) mass is 159 g/mol. The highest BCUT2D eigenvalue weighted by molar-refractivity contribution is 7.08. The number of nitrogens with two attached hydrogens (primary N) is 1. The van der Waals surface area contributed by atoms with Crippen molar-refractivity contribution in [3.05, 3.63) is 22.1 Å². The van der Waals surface area contributed by atoms with Gasteiger partial charge in [-0.05, 0) is 23.4 Å². The van der Waals surface area contributed by atoms with Crippen LogP contribution in [0.3, 0.4) is 0 Å². The zero-order chi connectivity index (χ0) is 7.56. The Kier molecular flexibility index (Phi) is 2.40. The molecule has 1 nitrogen and oxygen atoms in total. The topological polar surface area (TPSA) is 26.0 Å². The van der Waals surface area contributed by atoms with Gasteiger partial charge < -0.3 is 5.73 Å². The maximum absolute atomic E-state index is 12.4. The summed E-state index contributed by atoms with van der Waals surface area (Å²) in [5.74, 6) is 0. The van der Waals surface area contributed by atoms with E-state index in [0.717, 1.165) is 23.3 Å². The SMILES string of the molecule is CCC(N)c1csc(F)c1. The van der Waals surface area contributed by atoms with E-state index in [2.05, 4.69) is 0 Å². The first-order valence-corrected chi connectivity index (χ1v) is 4.11. The molecule has 0 aromatic carbocycles. The number of hydrogen-bond donors (Lipinski definition) is 1. The van der Waals surface area contributed by atoms with Gasteiger partial charge in [0.25, 0.3) is 0 Å². The molecule has 0 saturated heterocycles. The minimum Gasteiger partial charge on any atom is -0.324 e. The van der Waals surface area contributed by atoms with Crippen LogP contribution in [0, 0.1) is 5.13 Å². The van der Waals surface area contributed by atoms with Crippen molar-refractivity contribution in [2.75, 3.05) is 0 Å². The molecule has 10 heavy (non-hydrogen) atoms. The van der Waals surface area contributed by atoms with Crippen LogP contribution in [0.1, 0.15) is 24.9 Å². The molecule has 1 unspecified atom stereocenters. The van der Waals surface area contributed by atoms with Crippen LogP contribution in [0.5, 0.6) is 0 Å². The molecule has 0 aliphatic rings. The second kappa shape index (κ2) is 3.12. The fraction of sp³-hybridized carbons (Fsp3) is 0.429. The van der Waals surface area contributed by atoms with Crippen molar-refractivity contribution in [3.8, 4) is 0 Å². The van der Waals surface area contributed by atoms with Crippen molar-refractivity contribution in [3.63, 3.8) is 0 Å². The highest BCUT2D eigenvalue weighted by atomic mass is 32.1. The molecule has 0 spiro atoms. The Morgan fingerprint density at radius 3 is 2.90 bits per heavy atom. The molecule has 0 saturated carbocycles. The van der Waals surface area contributed by atoms with Crippen molar-refractivity contribution < 1.29 is 4.39 Å². The first-order valence-electron chi connectivity index (χ1n) is 3.23. The van der Waals surface area contributed by atoms with Crippen molar-refractivity contribution in [1.29, 1.82) is 0 Å². The summed E-state index contributed by atoms with van der Waals surface area (Å²) in [6.45, 7) is 1.99. The predicted octanol–water partition coefficient (Wildman–Crippen LogP) is 2.30. The van der Waals surface area contributed by atoms with Gasteiger partial charge in [0.1, 0.15) is 0 Å². The van der Waals surface area contributed by atoms with Gasteiger partial charge in [-0.15, -0.1) is 11.3 Å². The summed E-state index contributed by atoms with van der Waals surface area (Å²) in [6, 6.07) is 1.50. The normalized spacial score (nSPS) is 13.5. The van der Waals surface area contributed by atoms with E-state index in [9.17, 15) is 4.39 Å². The lowest BCUT2D eigenvalue weighted by atomic mass is 10.1. The minimum absolute atomic E-state index is 0.000694.